The summed E-state index contributed by atoms with van der Waals surface area (Å²) in [6.07, 6.45) is -23.2. The number of carbonyl (C=O) groups excluding carboxylic acids is 3. The van der Waals surface area contributed by atoms with Gasteiger partial charge >= 0.3 is 11.9 Å². The maximum atomic E-state index is 13.0. The number of rotatable bonds is 18. The fourth-order valence-electron chi connectivity index (χ4n) is 7.00. The highest BCUT2D eigenvalue weighted by Gasteiger charge is 2.60. The number of carboxylic acid groups (broad SMARTS) is 2. The Bertz CT molecular complexity index is 1430. The Balaban J connectivity index is 2.04. The number of hydrogen-bond donors (Lipinski definition) is 15. The number of aliphatic hydroxyl groups excluding tert-OH is 8. The van der Waals surface area contributed by atoms with Crippen molar-refractivity contribution >= 4 is 29.7 Å². The van der Waals surface area contributed by atoms with Crippen molar-refractivity contribution in [2.45, 2.75) is 137 Å². The van der Waals surface area contributed by atoms with Gasteiger partial charge in [-0.15, -0.1) is 0 Å². The average Bonchev–Trinajstić information content (AvgIpc) is 3.11. The van der Waals surface area contributed by atoms with Gasteiger partial charge in [-0.25, -0.2) is 9.59 Å². The first-order valence-electron chi connectivity index (χ1n) is 17.5. The zero-order chi connectivity index (χ0) is 43.2. The average molecular weight is 833 g/mol. The van der Waals surface area contributed by atoms with E-state index in [2.05, 4.69) is 16.0 Å². The Hall–Kier alpha value is -3.29. The molecule has 16 N–H and O–H groups in total. The summed E-state index contributed by atoms with van der Waals surface area (Å²) < 4.78 is 32.5. The predicted molar refractivity (Wildman–Crippen MR) is 178 cm³/mol. The molecule has 0 aromatic rings. The fraction of sp³-hybridized carbons (Fsp3) is 0.839. The van der Waals surface area contributed by atoms with Crippen LogP contribution in [-0.2, 0) is 52.4 Å². The summed E-state index contributed by atoms with van der Waals surface area (Å²) in [5.41, 5.74) is 5.72. The van der Waals surface area contributed by atoms with E-state index in [1.165, 1.54) is 0 Å². The number of carboxylic acids is 2. The van der Waals surface area contributed by atoms with E-state index < -0.39 is 172 Å². The lowest BCUT2D eigenvalue weighted by Gasteiger charge is -2.50. The van der Waals surface area contributed by atoms with E-state index >= 15 is 0 Å². The maximum Gasteiger partial charge on any atom is 0.364 e. The first-order valence-corrected chi connectivity index (χ1v) is 17.5. The second-order valence-electron chi connectivity index (χ2n) is 13.8. The summed E-state index contributed by atoms with van der Waals surface area (Å²) in [5, 5.41) is 124. The maximum absolute atomic E-state index is 13.0. The minimum atomic E-state index is -3.22. The van der Waals surface area contributed by atoms with Gasteiger partial charge in [0.2, 0.25) is 17.7 Å². The lowest BCUT2D eigenvalue weighted by Crippen LogP contribution is -2.71. The van der Waals surface area contributed by atoms with Crippen molar-refractivity contribution in [3.05, 3.63) is 0 Å². The van der Waals surface area contributed by atoms with Crippen molar-refractivity contribution in [1.29, 1.82) is 0 Å². The van der Waals surface area contributed by atoms with Gasteiger partial charge in [-0.1, -0.05) is 0 Å². The van der Waals surface area contributed by atoms with Crippen LogP contribution in [0.2, 0.25) is 0 Å². The highest BCUT2D eigenvalue weighted by Crippen LogP contribution is 2.39. The van der Waals surface area contributed by atoms with Gasteiger partial charge in [0.15, 0.2) is 0 Å². The molecule has 0 aliphatic carbocycles. The number of carbonyl (C=O) groups is 5. The molecular weight excluding hydrogens is 780 g/mol. The van der Waals surface area contributed by atoms with Crippen LogP contribution in [0.15, 0.2) is 0 Å². The van der Waals surface area contributed by atoms with Crippen LogP contribution in [0.25, 0.3) is 0 Å². The number of nitrogens with one attached hydrogen (secondary N) is 3. The van der Waals surface area contributed by atoms with E-state index in [4.69, 9.17) is 34.2 Å². The monoisotopic (exact) mass is 832 g/mol. The quantitative estimate of drug-likeness (QED) is 0.0570. The molecule has 3 saturated heterocycles. The molecular formula is C31H52N4O22. The minimum Gasteiger partial charge on any atom is -0.477 e. The van der Waals surface area contributed by atoms with Gasteiger partial charge in [0.1, 0.15) is 43.4 Å². The summed E-state index contributed by atoms with van der Waals surface area (Å²) in [4.78, 5) is 61.5. The lowest BCUT2D eigenvalue weighted by molar-refractivity contribution is -0.426. The van der Waals surface area contributed by atoms with Crippen molar-refractivity contribution in [1.82, 2.24) is 16.0 Å². The molecule has 3 fully saturated rings. The summed E-state index contributed by atoms with van der Waals surface area (Å²) in [6, 6.07) is -4.63. The van der Waals surface area contributed by atoms with E-state index in [0.29, 0.717) is 0 Å². The molecule has 3 rings (SSSR count). The van der Waals surface area contributed by atoms with Crippen LogP contribution in [-0.4, -0.2) is 209 Å². The molecule has 16 unspecified atom stereocenters. The molecule has 3 aliphatic heterocycles. The summed E-state index contributed by atoms with van der Waals surface area (Å²) in [6.45, 7) is -1.20. The van der Waals surface area contributed by atoms with Gasteiger partial charge in [0.05, 0.1) is 62.2 Å². The van der Waals surface area contributed by atoms with Crippen LogP contribution < -0.4 is 21.7 Å². The van der Waals surface area contributed by atoms with Crippen molar-refractivity contribution in [3.8, 4) is 0 Å². The molecule has 26 nitrogen and oxygen atoms in total. The Morgan fingerprint density at radius 3 is 1.46 bits per heavy atom. The van der Waals surface area contributed by atoms with E-state index in [-0.39, 0.29) is 0 Å². The van der Waals surface area contributed by atoms with E-state index in [1.807, 2.05) is 0 Å². The molecule has 57 heavy (non-hydrogen) atoms. The molecule has 0 aromatic carbocycles. The Kier molecular flexibility index (Phi) is 16.6. The molecule has 0 radical (unpaired) electrons. The third kappa shape index (κ3) is 11.1. The van der Waals surface area contributed by atoms with Gasteiger partial charge in [-0.05, 0) is 0 Å². The molecule has 0 spiro atoms. The van der Waals surface area contributed by atoms with Crippen LogP contribution in [0.1, 0.15) is 40.0 Å². The molecule has 3 heterocycles. The lowest BCUT2D eigenvalue weighted by atomic mass is 9.87. The van der Waals surface area contributed by atoms with Crippen LogP contribution >= 0.6 is 0 Å². The van der Waals surface area contributed by atoms with Gasteiger partial charge in [-0.2, -0.15) is 0 Å². The molecule has 0 saturated carbocycles. The van der Waals surface area contributed by atoms with Gasteiger partial charge in [0.25, 0.3) is 17.5 Å². The van der Waals surface area contributed by atoms with Crippen LogP contribution in [0, 0.1) is 0 Å². The first kappa shape index (κ1) is 48.1. The third-order valence-corrected chi connectivity index (χ3v) is 9.53. The first-order chi connectivity index (χ1) is 26.5. The molecule has 16 atom stereocenters. The number of aliphatic hydroxyl groups is 9. The van der Waals surface area contributed by atoms with Crippen molar-refractivity contribution in [3.63, 3.8) is 0 Å². The van der Waals surface area contributed by atoms with Gasteiger partial charge < -0.3 is 106 Å². The topological polar surface area (TPSA) is 425 Å². The van der Waals surface area contributed by atoms with E-state index in [1.54, 1.807) is 0 Å². The van der Waals surface area contributed by atoms with Crippen LogP contribution in [0.3, 0.4) is 0 Å². The normalized spacial score (nSPS) is 37.9. The van der Waals surface area contributed by atoms with Crippen molar-refractivity contribution < 1.29 is 109 Å². The highest BCUT2D eigenvalue weighted by molar-refractivity contribution is 5.77. The summed E-state index contributed by atoms with van der Waals surface area (Å²) in [5.74, 6) is -15.3. The number of aliphatic carboxylic acids is 2. The molecule has 0 aromatic heterocycles. The second kappa shape index (κ2) is 19.6. The summed E-state index contributed by atoms with van der Waals surface area (Å²) in [7, 11) is 0. The smallest absolute Gasteiger partial charge is 0.364 e. The SMILES string of the molecule is CC(=O)NC1C(O)CC(OC(CO)C(O)C2OC(OC(CO)C(O)C3OC(O)(OCO)CC(O)C3NC(C)=O)(C(=O)O)CC(O)C2NC(C)=O)(C(=O)O)OC1CN. The molecule has 26 heteroatoms. The molecule has 0 bridgehead atoms. The van der Waals surface area contributed by atoms with Crippen molar-refractivity contribution in [2.24, 2.45) is 5.73 Å². The van der Waals surface area contributed by atoms with E-state index in [0.717, 1.165) is 20.8 Å². The number of nitrogens with two attached hydrogens (primary N) is 1. The van der Waals surface area contributed by atoms with Crippen LogP contribution in [0.4, 0.5) is 0 Å². The number of hydrogen-bond acceptors (Lipinski definition) is 21. The predicted octanol–water partition coefficient (Wildman–Crippen LogP) is -8.44. The van der Waals surface area contributed by atoms with Gasteiger partial charge in [0, 0.05) is 40.2 Å². The second-order valence-corrected chi connectivity index (χ2v) is 13.8. The molecule has 3 amide bonds. The van der Waals surface area contributed by atoms with E-state index in [9.17, 15) is 80.1 Å². The third-order valence-electron chi connectivity index (χ3n) is 9.53. The Morgan fingerprint density at radius 1 is 0.684 bits per heavy atom. The van der Waals surface area contributed by atoms with Crippen molar-refractivity contribution in [2.75, 3.05) is 26.6 Å². The van der Waals surface area contributed by atoms with Gasteiger partial charge in [-0.3, -0.25) is 14.4 Å². The largest absolute Gasteiger partial charge is 0.477 e. The Morgan fingerprint density at radius 2 is 1.07 bits per heavy atom. The zero-order valence-corrected chi connectivity index (χ0v) is 30.9. The summed E-state index contributed by atoms with van der Waals surface area (Å²) >= 11 is 0. The molecule has 3 aliphatic rings. The van der Waals surface area contributed by atoms with Crippen LogP contribution in [0.5, 0.6) is 0 Å². The Labute approximate surface area is 323 Å². The minimum absolute atomic E-state index is 0.490. The highest BCUT2D eigenvalue weighted by atomic mass is 16.8. The number of amides is 3. The zero-order valence-electron chi connectivity index (χ0n) is 30.9. The fourth-order valence-corrected chi connectivity index (χ4v) is 7.00. The standard InChI is InChI=1S/C31H52N4O22/c1-11(39)33-20-14(42)4-29(27(47)48,53-17(20)7-32)54-18(8-36)23(45)25-21(34-12(2)40)15(43)5-30(56-25,28(49)50)55-19(9-37)24(46)26-22(35-13(3)41)16(44)6-31(51,57-26)52-10-38/h14-26,36-38,42-46,51H,4-10,32H2,1-3H3,(H,33,39)(H,34,40)(H,35,41)(H,47,48)(H,49,50). The number of ether oxygens (including phenoxy) is 6. The molecule has 328 valence electrons.